The molecule has 1 aromatic carbocycles. The first-order valence-corrected chi connectivity index (χ1v) is 10.1. The molecule has 0 saturated heterocycles. The minimum absolute atomic E-state index is 0.0235. The van der Waals surface area contributed by atoms with E-state index in [9.17, 15) is 4.79 Å². The van der Waals surface area contributed by atoms with Crippen molar-refractivity contribution < 1.29 is 9.53 Å². The Kier molecular flexibility index (Phi) is 6.83. The normalized spacial score (nSPS) is 10.5. The highest BCUT2D eigenvalue weighted by Crippen LogP contribution is 2.29. The van der Waals surface area contributed by atoms with Gasteiger partial charge in [-0.25, -0.2) is 4.98 Å². The number of rotatable bonds is 7. The van der Waals surface area contributed by atoms with Gasteiger partial charge < -0.3 is 20.3 Å². The fraction of sp³-hybridized carbons (Fsp3) is 0.238. The van der Waals surface area contributed by atoms with E-state index in [4.69, 9.17) is 10.5 Å². The van der Waals surface area contributed by atoms with Gasteiger partial charge in [-0.15, -0.1) is 0 Å². The second kappa shape index (κ2) is 9.53. The molecule has 3 rings (SSSR count). The van der Waals surface area contributed by atoms with Gasteiger partial charge in [-0.1, -0.05) is 12.1 Å². The number of ether oxygens (including phenoxy) is 1. The maximum Gasteiger partial charge on any atom is 0.239 e. The van der Waals surface area contributed by atoms with E-state index >= 15 is 0 Å². The van der Waals surface area contributed by atoms with Crippen LogP contribution in [0.3, 0.4) is 0 Å². The van der Waals surface area contributed by atoms with Gasteiger partial charge in [0, 0.05) is 50.3 Å². The Hall–Kier alpha value is -3.20. The summed E-state index contributed by atoms with van der Waals surface area (Å²) in [6, 6.07) is 9.43. The molecule has 0 atom stereocenters. The highest BCUT2D eigenvalue weighted by Gasteiger charge is 2.10. The lowest BCUT2D eigenvalue weighted by molar-refractivity contribution is -0.127. The number of halogens is 1. The van der Waals surface area contributed by atoms with Crippen LogP contribution in [0, 0.1) is 0 Å². The van der Waals surface area contributed by atoms with Crippen LogP contribution >= 0.6 is 15.9 Å². The van der Waals surface area contributed by atoms with E-state index in [-0.39, 0.29) is 5.91 Å². The van der Waals surface area contributed by atoms with Crippen molar-refractivity contribution in [3.63, 3.8) is 0 Å². The number of hydrogen-bond donors (Lipinski definition) is 1. The standard InChI is InChI=1S/C21H23BrN6O2/c1-14(29)27(2)8-9-28(3)19-12-24-13-20(26-19)30-17-6-4-15(5-7-17)18-10-16(22)11-25-21(18)23/h4-7,10-13H,8-9H2,1-3H3,(H2,23,25). The van der Waals surface area contributed by atoms with Crippen LogP contribution in [-0.4, -0.2) is 52.9 Å². The zero-order chi connectivity index (χ0) is 21.7. The van der Waals surface area contributed by atoms with Gasteiger partial charge in [-0.2, -0.15) is 4.98 Å². The van der Waals surface area contributed by atoms with Gasteiger partial charge in [0.15, 0.2) is 5.82 Å². The van der Waals surface area contributed by atoms with E-state index in [1.807, 2.05) is 42.3 Å². The third-order valence-corrected chi connectivity index (χ3v) is 5.01. The summed E-state index contributed by atoms with van der Waals surface area (Å²) in [6.07, 6.45) is 4.88. The molecular weight excluding hydrogens is 448 g/mol. The molecule has 0 saturated carbocycles. The van der Waals surface area contributed by atoms with Crippen molar-refractivity contribution in [3.05, 3.63) is 53.4 Å². The van der Waals surface area contributed by atoms with Gasteiger partial charge in [0.2, 0.25) is 11.8 Å². The fourth-order valence-corrected chi connectivity index (χ4v) is 2.98. The maximum absolute atomic E-state index is 11.3. The van der Waals surface area contributed by atoms with E-state index in [0.29, 0.717) is 36.4 Å². The molecule has 2 heterocycles. The van der Waals surface area contributed by atoms with Crippen LogP contribution in [0.4, 0.5) is 11.6 Å². The summed E-state index contributed by atoms with van der Waals surface area (Å²) in [7, 11) is 3.66. The van der Waals surface area contributed by atoms with Crippen LogP contribution in [0.15, 0.2) is 53.4 Å². The Morgan fingerprint density at radius 2 is 1.87 bits per heavy atom. The predicted molar refractivity (Wildman–Crippen MR) is 120 cm³/mol. The third kappa shape index (κ3) is 5.44. The molecule has 8 nitrogen and oxygen atoms in total. The quantitative estimate of drug-likeness (QED) is 0.563. The molecule has 1 amide bonds. The number of nitrogens with two attached hydrogens (primary N) is 1. The van der Waals surface area contributed by atoms with E-state index < -0.39 is 0 Å². The molecule has 2 aromatic heterocycles. The van der Waals surface area contributed by atoms with Crippen molar-refractivity contribution in [2.45, 2.75) is 6.92 Å². The zero-order valence-electron chi connectivity index (χ0n) is 17.0. The lowest BCUT2D eigenvalue weighted by Crippen LogP contribution is -2.33. The Morgan fingerprint density at radius 1 is 1.13 bits per heavy atom. The fourth-order valence-electron chi connectivity index (χ4n) is 2.65. The van der Waals surface area contributed by atoms with Gasteiger partial charge >= 0.3 is 0 Å². The summed E-state index contributed by atoms with van der Waals surface area (Å²) in [4.78, 5) is 27.8. The summed E-state index contributed by atoms with van der Waals surface area (Å²) in [5.74, 6) is 2.16. The Balaban J connectivity index is 1.69. The molecule has 2 N–H and O–H groups in total. The smallest absolute Gasteiger partial charge is 0.239 e. The molecule has 0 unspecified atom stereocenters. The first-order chi connectivity index (χ1) is 14.3. The van der Waals surface area contributed by atoms with Crippen molar-refractivity contribution in [2.24, 2.45) is 0 Å². The number of benzene rings is 1. The molecule has 30 heavy (non-hydrogen) atoms. The number of hydrogen-bond acceptors (Lipinski definition) is 7. The van der Waals surface area contributed by atoms with Crippen LogP contribution in [0.1, 0.15) is 6.92 Å². The van der Waals surface area contributed by atoms with Crippen molar-refractivity contribution in [1.29, 1.82) is 0 Å². The van der Waals surface area contributed by atoms with Crippen molar-refractivity contribution in [3.8, 4) is 22.8 Å². The second-order valence-corrected chi connectivity index (χ2v) is 7.71. The summed E-state index contributed by atoms with van der Waals surface area (Å²) >= 11 is 3.42. The number of nitrogen functional groups attached to an aromatic ring is 1. The summed E-state index contributed by atoms with van der Waals surface area (Å²) in [6.45, 7) is 2.76. The number of nitrogens with zero attached hydrogens (tertiary/aromatic N) is 5. The van der Waals surface area contributed by atoms with Gasteiger partial charge in [0.25, 0.3) is 0 Å². The number of carbonyl (C=O) groups is 1. The number of aromatic nitrogens is 3. The molecule has 9 heteroatoms. The van der Waals surface area contributed by atoms with Gasteiger partial charge in [-0.3, -0.25) is 9.78 Å². The zero-order valence-corrected chi connectivity index (χ0v) is 18.6. The number of amides is 1. The monoisotopic (exact) mass is 470 g/mol. The van der Waals surface area contributed by atoms with Gasteiger partial charge in [0.05, 0.1) is 12.4 Å². The molecular formula is C21H23BrN6O2. The highest BCUT2D eigenvalue weighted by atomic mass is 79.9. The summed E-state index contributed by atoms with van der Waals surface area (Å²) in [5, 5.41) is 0. The van der Waals surface area contributed by atoms with E-state index in [0.717, 1.165) is 15.6 Å². The van der Waals surface area contributed by atoms with Crippen LogP contribution in [0.2, 0.25) is 0 Å². The maximum atomic E-state index is 11.3. The molecule has 0 bridgehead atoms. The minimum Gasteiger partial charge on any atom is -0.437 e. The van der Waals surface area contributed by atoms with Gasteiger partial charge in [0.1, 0.15) is 11.6 Å². The average molecular weight is 471 g/mol. The molecule has 0 radical (unpaired) electrons. The largest absolute Gasteiger partial charge is 0.437 e. The van der Waals surface area contributed by atoms with Crippen LogP contribution in [-0.2, 0) is 4.79 Å². The highest BCUT2D eigenvalue weighted by molar-refractivity contribution is 9.10. The molecule has 3 aromatic rings. The molecule has 0 aliphatic carbocycles. The van der Waals surface area contributed by atoms with Crippen molar-refractivity contribution >= 4 is 33.5 Å². The van der Waals surface area contributed by atoms with E-state index in [1.165, 1.54) is 0 Å². The number of anilines is 2. The van der Waals surface area contributed by atoms with Crippen LogP contribution < -0.4 is 15.4 Å². The first-order valence-electron chi connectivity index (χ1n) is 9.27. The molecule has 156 valence electrons. The second-order valence-electron chi connectivity index (χ2n) is 6.79. The lowest BCUT2D eigenvalue weighted by Gasteiger charge is -2.22. The van der Waals surface area contributed by atoms with E-state index in [2.05, 4.69) is 30.9 Å². The van der Waals surface area contributed by atoms with Crippen LogP contribution in [0.25, 0.3) is 11.1 Å². The van der Waals surface area contributed by atoms with Gasteiger partial charge in [-0.05, 0) is 39.7 Å². The molecule has 0 spiro atoms. The first kappa shape index (κ1) is 21.5. The number of likely N-dealkylation sites (N-methyl/N-ethyl adjacent to an activating group) is 2. The lowest BCUT2D eigenvalue weighted by atomic mass is 10.1. The third-order valence-electron chi connectivity index (χ3n) is 4.57. The van der Waals surface area contributed by atoms with Crippen molar-refractivity contribution in [1.82, 2.24) is 19.9 Å². The molecule has 0 aliphatic heterocycles. The number of carbonyl (C=O) groups excluding carboxylic acids is 1. The average Bonchev–Trinajstić information content (AvgIpc) is 2.74. The minimum atomic E-state index is 0.0235. The topological polar surface area (TPSA) is 97.5 Å². The SMILES string of the molecule is CC(=O)N(C)CCN(C)c1cncc(Oc2ccc(-c3cc(Br)cnc3N)cc2)n1. The molecule has 0 fully saturated rings. The Morgan fingerprint density at radius 3 is 2.57 bits per heavy atom. The molecule has 0 aliphatic rings. The Labute approximate surface area is 183 Å². The van der Waals surface area contributed by atoms with E-state index in [1.54, 1.807) is 37.5 Å². The summed E-state index contributed by atoms with van der Waals surface area (Å²) in [5.41, 5.74) is 7.76. The Bertz CT molecular complexity index is 1030. The number of pyridine rings is 1. The summed E-state index contributed by atoms with van der Waals surface area (Å²) < 4.78 is 6.72. The van der Waals surface area contributed by atoms with Crippen molar-refractivity contribution in [2.75, 3.05) is 37.8 Å². The predicted octanol–water partition coefficient (Wildman–Crippen LogP) is 3.59. The van der Waals surface area contributed by atoms with Crippen LogP contribution in [0.5, 0.6) is 11.6 Å².